The molecule has 0 aliphatic carbocycles. The summed E-state index contributed by atoms with van der Waals surface area (Å²) in [5.74, 6) is 0.886. The summed E-state index contributed by atoms with van der Waals surface area (Å²) < 4.78 is 10.5. The van der Waals surface area contributed by atoms with Gasteiger partial charge in [-0.05, 0) is 31.9 Å². The van der Waals surface area contributed by atoms with E-state index < -0.39 is 0 Å². The van der Waals surface area contributed by atoms with Crippen LogP contribution in [0, 0.1) is 0 Å². The zero-order chi connectivity index (χ0) is 11.4. The van der Waals surface area contributed by atoms with Crippen molar-refractivity contribution in [1.29, 1.82) is 0 Å². The molecule has 1 fully saturated rings. The zero-order valence-corrected chi connectivity index (χ0v) is 9.44. The standard InChI is InChI=1S/C12H17NO3/c1-9(8-10-4-2-6-15-10)13-12(14)11-5-3-7-16-11/h2,4,6,9,11H,3,5,7-8H2,1H3,(H,13,14). The summed E-state index contributed by atoms with van der Waals surface area (Å²) in [4.78, 5) is 11.7. The number of amides is 1. The van der Waals surface area contributed by atoms with Crippen molar-refractivity contribution in [1.82, 2.24) is 5.32 Å². The lowest BCUT2D eigenvalue weighted by molar-refractivity contribution is -0.130. The number of rotatable bonds is 4. The highest BCUT2D eigenvalue weighted by molar-refractivity contribution is 5.81. The zero-order valence-electron chi connectivity index (χ0n) is 9.44. The van der Waals surface area contributed by atoms with E-state index in [1.54, 1.807) is 6.26 Å². The number of hydrogen-bond donors (Lipinski definition) is 1. The summed E-state index contributed by atoms with van der Waals surface area (Å²) in [7, 11) is 0. The van der Waals surface area contributed by atoms with Gasteiger partial charge in [0.1, 0.15) is 11.9 Å². The number of nitrogens with one attached hydrogen (secondary N) is 1. The summed E-state index contributed by atoms with van der Waals surface area (Å²) in [6.07, 6.45) is 3.92. The number of hydrogen-bond acceptors (Lipinski definition) is 3. The molecule has 4 heteroatoms. The lowest BCUT2D eigenvalue weighted by atomic mass is 10.1. The van der Waals surface area contributed by atoms with Crippen LogP contribution >= 0.6 is 0 Å². The van der Waals surface area contributed by atoms with Gasteiger partial charge in [0.25, 0.3) is 0 Å². The molecule has 16 heavy (non-hydrogen) atoms. The Bertz CT molecular complexity index is 328. The van der Waals surface area contributed by atoms with Crippen LogP contribution in [0.5, 0.6) is 0 Å². The molecule has 1 aromatic heterocycles. The SMILES string of the molecule is CC(Cc1ccco1)NC(=O)C1CCCO1. The quantitative estimate of drug-likeness (QED) is 0.841. The molecule has 0 aromatic carbocycles. The normalized spacial score (nSPS) is 21.9. The largest absolute Gasteiger partial charge is 0.469 e. The van der Waals surface area contributed by atoms with Gasteiger partial charge >= 0.3 is 0 Å². The number of carbonyl (C=O) groups excluding carboxylic acids is 1. The Morgan fingerprint density at radius 1 is 1.69 bits per heavy atom. The number of carbonyl (C=O) groups is 1. The molecule has 1 saturated heterocycles. The van der Waals surface area contributed by atoms with Gasteiger partial charge in [-0.15, -0.1) is 0 Å². The molecule has 2 unspecified atom stereocenters. The van der Waals surface area contributed by atoms with Crippen LogP contribution in [0.3, 0.4) is 0 Å². The van der Waals surface area contributed by atoms with E-state index in [9.17, 15) is 4.79 Å². The van der Waals surface area contributed by atoms with Crippen LogP contribution in [-0.2, 0) is 16.0 Å². The van der Waals surface area contributed by atoms with E-state index in [4.69, 9.17) is 9.15 Å². The van der Waals surface area contributed by atoms with Crippen molar-refractivity contribution in [3.05, 3.63) is 24.2 Å². The average Bonchev–Trinajstić information content (AvgIpc) is 2.88. The maximum atomic E-state index is 11.7. The predicted octanol–water partition coefficient (Wildman–Crippen LogP) is 1.51. The Morgan fingerprint density at radius 2 is 2.56 bits per heavy atom. The van der Waals surface area contributed by atoms with Crippen molar-refractivity contribution in [2.45, 2.75) is 38.3 Å². The van der Waals surface area contributed by atoms with Crippen LogP contribution in [0.4, 0.5) is 0 Å². The molecule has 4 nitrogen and oxygen atoms in total. The van der Waals surface area contributed by atoms with Crippen molar-refractivity contribution < 1.29 is 13.9 Å². The number of ether oxygens (including phenoxy) is 1. The maximum Gasteiger partial charge on any atom is 0.249 e. The van der Waals surface area contributed by atoms with Gasteiger partial charge in [0.05, 0.1) is 6.26 Å². The molecule has 1 aromatic rings. The minimum atomic E-state index is -0.251. The molecule has 88 valence electrons. The van der Waals surface area contributed by atoms with Crippen molar-refractivity contribution in [3.63, 3.8) is 0 Å². The van der Waals surface area contributed by atoms with Gasteiger partial charge in [-0.2, -0.15) is 0 Å². The molecule has 1 N–H and O–H groups in total. The minimum absolute atomic E-state index is 0.00319. The molecule has 1 amide bonds. The van der Waals surface area contributed by atoms with E-state index in [1.807, 2.05) is 19.1 Å². The Balaban J connectivity index is 1.78. The molecule has 0 spiro atoms. The van der Waals surface area contributed by atoms with E-state index in [-0.39, 0.29) is 18.1 Å². The van der Waals surface area contributed by atoms with E-state index >= 15 is 0 Å². The topological polar surface area (TPSA) is 51.5 Å². The van der Waals surface area contributed by atoms with Crippen molar-refractivity contribution >= 4 is 5.91 Å². The van der Waals surface area contributed by atoms with Crippen molar-refractivity contribution in [3.8, 4) is 0 Å². The summed E-state index contributed by atoms with van der Waals surface area (Å²) in [6, 6.07) is 3.83. The molecular formula is C12H17NO3. The van der Waals surface area contributed by atoms with Crippen LogP contribution in [-0.4, -0.2) is 24.7 Å². The molecule has 2 heterocycles. The molecule has 0 saturated carbocycles. The first kappa shape index (κ1) is 11.2. The second-order valence-electron chi connectivity index (χ2n) is 4.19. The molecule has 0 bridgehead atoms. The van der Waals surface area contributed by atoms with Crippen molar-refractivity contribution in [2.24, 2.45) is 0 Å². The molecule has 2 rings (SSSR count). The fourth-order valence-electron chi connectivity index (χ4n) is 1.90. The first-order chi connectivity index (χ1) is 7.75. The molecule has 2 atom stereocenters. The van der Waals surface area contributed by atoms with Crippen LogP contribution in [0.2, 0.25) is 0 Å². The highest BCUT2D eigenvalue weighted by Gasteiger charge is 2.24. The smallest absolute Gasteiger partial charge is 0.249 e. The summed E-state index contributed by atoms with van der Waals surface area (Å²) in [6.45, 7) is 2.67. The maximum absolute atomic E-state index is 11.7. The second-order valence-corrected chi connectivity index (χ2v) is 4.19. The van der Waals surface area contributed by atoms with Gasteiger partial charge in [-0.3, -0.25) is 4.79 Å². The fourth-order valence-corrected chi connectivity index (χ4v) is 1.90. The molecule has 1 aliphatic rings. The molecule has 0 radical (unpaired) electrons. The molecular weight excluding hydrogens is 206 g/mol. The van der Waals surface area contributed by atoms with Crippen LogP contribution in [0.25, 0.3) is 0 Å². The van der Waals surface area contributed by atoms with Gasteiger partial charge in [-0.25, -0.2) is 0 Å². The van der Waals surface area contributed by atoms with Gasteiger partial charge < -0.3 is 14.5 Å². The van der Waals surface area contributed by atoms with Crippen LogP contribution < -0.4 is 5.32 Å². The third kappa shape index (κ3) is 2.85. The summed E-state index contributed by atoms with van der Waals surface area (Å²) >= 11 is 0. The van der Waals surface area contributed by atoms with E-state index in [0.29, 0.717) is 13.0 Å². The Hall–Kier alpha value is -1.29. The lowest BCUT2D eigenvalue weighted by Crippen LogP contribution is -2.40. The Morgan fingerprint density at radius 3 is 3.19 bits per heavy atom. The second kappa shape index (κ2) is 5.16. The lowest BCUT2D eigenvalue weighted by Gasteiger charge is -2.15. The van der Waals surface area contributed by atoms with Gasteiger partial charge in [-0.1, -0.05) is 0 Å². The van der Waals surface area contributed by atoms with Crippen molar-refractivity contribution in [2.75, 3.05) is 6.61 Å². The highest BCUT2D eigenvalue weighted by atomic mass is 16.5. The first-order valence-electron chi connectivity index (χ1n) is 5.70. The monoisotopic (exact) mass is 223 g/mol. The van der Waals surface area contributed by atoms with E-state index in [2.05, 4.69) is 5.32 Å². The van der Waals surface area contributed by atoms with Gasteiger partial charge in [0.15, 0.2) is 0 Å². The van der Waals surface area contributed by atoms with Gasteiger partial charge in [0, 0.05) is 19.1 Å². The summed E-state index contributed by atoms with van der Waals surface area (Å²) in [5.41, 5.74) is 0. The predicted molar refractivity (Wildman–Crippen MR) is 59.0 cm³/mol. The third-order valence-corrected chi connectivity index (χ3v) is 2.70. The molecule has 1 aliphatic heterocycles. The third-order valence-electron chi connectivity index (χ3n) is 2.70. The highest BCUT2D eigenvalue weighted by Crippen LogP contribution is 2.12. The first-order valence-corrected chi connectivity index (χ1v) is 5.70. The Kier molecular flexibility index (Phi) is 3.62. The van der Waals surface area contributed by atoms with Crippen LogP contribution in [0.1, 0.15) is 25.5 Å². The number of furan rings is 1. The van der Waals surface area contributed by atoms with E-state index in [1.165, 1.54) is 0 Å². The Labute approximate surface area is 95.0 Å². The summed E-state index contributed by atoms with van der Waals surface area (Å²) in [5, 5.41) is 2.94. The average molecular weight is 223 g/mol. The fraction of sp³-hybridized carbons (Fsp3) is 0.583. The van der Waals surface area contributed by atoms with E-state index in [0.717, 1.165) is 18.6 Å². The minimum Gasteiger partial charge on any atom is -0.469 e. The van der Waals surface area contributed by atoms with Crippen LogP contribution in [0.15, 0.2) is 22.8 Å². The van der Waals surface area contributed by atoms with Gasteiger partial charge in [0.2, 0.25) is 5.91 Å².